The number of rotatable bonds is 3. The van der Waals surface area contributed by atoms with Crippen molar-refractivity contribution in [1.82, 2.24) is 0 Å². The minimum Gasteiger partial charge on any atom is -0.496 e. The second-order valence-corrected chi connectivity index (χ2v) is 4.51. The quantitative estimate of drug-likeness (QED) is 0.778. The van der Waals surface area contributed by atoms with Crippen LogP contribution in [0, 0.1) is 0 Å². The maximum Gasteiger partial charge on any atom is 0.232 e. The van der Waals surface area contributed by atoms with E-state index in [0.29, 0.717) is 31.8 Å². The number of halogens is 1. The van der Waals surface area contributed by atoms with Gasteiger partial charge >= 0.3 is 0 Å². The SMILES string of the molecule is COc1ccccc1C1(C(=O)Cl)CCOCC1. The van der Waals surface area contributed by atoms with Crippen molar-refractivity contribution in [3.63, 3.8) is 0 Å². The number of ether oxygens (including phenoxy) is 2. The molecule has 1 fully saturated rings. The Labute approximate surface area is 106 Å². The Balaban J connectivity index is 2.48. The average molecular weight is 255 g/mol. The Kier molecular flexibility index (Phi) is 3.69. The van der Waals surface area contributed by atoms with E-state index in [4.69, 9.17) is 21.1 Å². The number of para-hydroxylation sites is 1. The van der Waals surface area contributed by atoms with Crippen LogP contribution in [-0.4, -0.2) is 25.6 Å². The Hall–Kier alpha value is -1.06. The standard InChI is InChI=1S/C13H15ClO3/c1-16-11-5-3-2-4-10(11)13(12(14)15)6-8-17-9-7-13/h2-5H,6-9H2,1H3. The van der Waals surface area contributed by atoms with Crippen molar-refractivity contribution in [3.05, 3.63) is 29.8 Å². The largest absolute Gasteiger partial charge is 0.496 e. The lowest BCUT2D eigenvalue weighted by Gasteiger charge is -2.35. The van der Waals surface area contributed by atoms with Gasteiger partial charge in [-0.15, -0.1) is 0 Å². The fraction of sp³-hybridized carbons (Fsp3) is 0.462. The Morgan fingerprint density at radius 1 is 1.35 bits per heavy atom. The topological polar surface area (TPSA) is 35.5 Å². The molecule has 0 spiro atoms. The third kappa shape index (κ3) is 2.17. The molecule has 1 aliphatic rings. The highest BCUT2D eigenvalue weighted by Gasteiger charge is 2.42. The van der Waals surface area contributed by atoms with Crippen LogP contribution in [0.25, 0.3) is 0 Å². The summed E-state index contributed by atoms with van der Waals surface area (Å²) >= 11 is 5.83. The maximum atomic E-state index is 11.8. The van der Waals surface area contributed by atoms with Crippen LogP contribution in [-0.2, 0) is 14.9 Å². The van der Waals surface area contributed by atoms with Crippen LogP contribution in [0.4, 0.5) is 0 Å². The molecule has 0 saturated carbocycles. The van der Waals surface area contributed by atoms with Crippen molar-refractivity contribution in [3.8, 4) is 5.75 Å². The Bertz CT molecular complexity index is 411. The van der Waals surface area contributed by atoms with Crippen LogP contribution in [0.1, 0.15) is 18.4 Å². The fourth-order valence-corrected chi connectivity index (χ4v) is 2.62. The molecule has 1 heterocycles. The minimum absolute atomic E-state index is 0.328. The van der Waals surface area contributed by atoms with E-state index >= 15 is 0 Å². The van der Waals surface area contributed by atoms with Crippen molar-refractivity contribution in [1.29, 1.82) is 0 Å². The molecule has 0 atom stereocenters. The second kappa shape index (κ2) is 5.07. The van der Waals surface area contributed by atoms with Gasteiger partial charge in [0.1, 0.15) is 5.75 Å². The number of methoxy groups -OCH3 is 1. The lowest BCUT2D eigenvalue weighted by molar-refractivity contribution is -0.120. The monoisotopic (exact) mass is 254 g/mol. The third-order valence-corrected chi connectivity index (χ3v) is 3.71. The molecule has 4 heteroatoms. The first-order valence-electron chi connectivity index (χ1n) is 5.62. The van der Waals surface area contributed by atoms with E-state index in [2.05, 4.69) is 0 Å². The molecule has 17 heavy (non-hydrogen) atoms. The van der Waals surface area contributed by atoms with Crippen LogP contribution in [0.5, 0.6) is 5.75 Å². The summed E-state index contributed by atoms with van der Waals surface area (Å²) in [5.41, 5.74) is 0.206. The zero-order valence-corrected chi connectivity index (χ0v) is 10.5. The summed E-state index contributed by atoms with van der Waals surface area (Å²) in [6, 6.07) is 7.54. The van der Waals surface area contributed by atoms with E-state index in [1.54, 1.807) is 7.11 Å². The molecule has 1 saturated heterocycles. The predicted molar refractivity (Wildman–Crippen MR) is 65.6 cm³/mol. The van der Waals surface area contributed by atoms with Crippen LogP contribution >= 0.6 is 11.6 Å². The molecule has 0 aromatic heterocycles. The van der Waals surface area contributed by atoms with Crippen molar-refractivity contribution in [2.45, 2.75) is 18.3 Å². The van der Waals surface area contributed by atoms with E-state index in [1.807, 2.05) is 24.3 Å². The molecule has 0 aliphatic carbocycles. The Morgan fingerprint density at radius 2 is 2.00 bits per heavy atom. The molecule has 1 aliphatic heterocycles. The van der Waals surface area contributed by atoms with Gasteiger partial charge in [0.2, 0.25) is 5.24 Å². The Morgan fingerprint density at radius 3 is 2.59 bits per heavy atom. The summed E-state index contributed by atoms with van der Waals surface area (Å²) in [6.07, 6.45) is 1.21. The van der Waals surface area contributed by atoms with Gasteiger partial charge < -0.3 is 9.47 Å². The summed E-state index contributed by atoms with van der Waals surface area (Å²) in [6.45, 7) is 1.10. The molecule has 0 bridgehead atoms. The van der Waals surface area contributed by atoms with Crippen molar-refractivity contribution < 1.29 is 14.3 Å². The zero-order valence-electron chi connectivity index (χ0n) is 9.74. The molecule has 2 rings (SSSR count). The van der Waals surface area contributed by atoms with Crippen molar-refractivity contribution in [2.24, 2.45) is 0 Å². The number of benzene rings is 1. The van der Waals surface area contributed by atoms with Gasteiger partial charge in [-0.05, 0) is 30.5 Å². The van der Waals surface area contributed by atoms with Crippen LogP contribution in [0.3, 0.4) is 0 Å². The van der Waals surface area contributed by atoms with E-state index in [1.165, 1.54) is 0 Å². The van der Waals surface area contributed by atoms with Gasteiger partial charge in [0.15, 0.2) is 0 Å². The van der Waals surface area contributed by atoms with Crippen molar-refractivity contribution in [2.75, 3.05) is 20.3 Å². The van der Waals surface area contributed by atoms with E-state index in [9.17, 15) is 4.79 Å². The van der Waals surface area contributed by atoms with Gasteiger partial charge in [0.25, 0.3) is 0 Å². The molecule has 0 radical (unpaired) electrons. The molecule has 1 aromatic carbocycles. The first kappa shape index (κ1) is 12.4. The van der Waals surface area contributed by atoms with Crippen LogP contribution < -0.4 is 4.74 Å². The number of carbonyl (C=O) groups is 1. The summed E-state index contributed by atoms with van der Waals surface area (Å²) < 4.78 is 10.6. The summed E-state index contributed by atoms with van der Waals surface area (Å²) in [5.74, 6) is 0.711. The first-order chi connectivity index (χ1) is 8.20. The molecule has 0 N–H and O–H groups in total. The van der Waals surface area contributed by atoms with E-state index in [0.717, 1.165) is 5.56 Å². The lowest BCUT2D eigenvalue weighted by atomic mass is 9.75. The summed E-state index contributed by atoms with van der Waals surface area (Å²) in [7, 11) is 1.60. The van der Waals surface area contributed by atoms with Gasteiger partial charge in [-0.25, -0.2) is 0 Å². The molecule has 92 valence electrons. The highest BCUT2D eigenvalue weighted by molar-refractivity contribution is 6.65. The normalized spacial score (nSPS) is 18.7. The summed E-state index contributed by atoms with van der Waals surface area (Å²) in [4.78, 5) is 11.8. The zero-order chi connectivity index (χ0) is 12.3. The molecular formula is C13H15ClO3. The van der Waals surface area contributed by atoms with Gasteiger partial charge in [-0.1, -0.05) is 18.2 Å². The molecule has 3 nitrogen and oxygen atoms in total. The number of hydrogen-bond acceptors (Lipinski definition) is 3. The highest BCUT2D eigenvalue weighted by atomic mass is 35.5. The van der Waals surface area contributed by atoms with Gasteiger partial charge in [0.05, 0.1) is 12.5 Å². The molecular weight excluding hydrogens is 240 g/mol. The van der Waals surface area contributed by atoms with Gasteiger partial charge in [-0.3, -0.25) is 4.79 Å². The summed E-state index contributed by atoms with van der Waals surface area (Å²) in [5, 5.41) is -0.328. The first-order valence-corrected chi connectivity index (χ1v) is 6.00. The van der Waals surface area contributed by atoms with Gasteiger partial charge in [0, 0.05) is 18.8 Å². The second-order valence-electron chi connectivity index (χ2n) is 4.17. The number of hydrogen-bond donors (Lipinski definition) is 0. The molecule has 0 amide bonds. The smallest absolute Gasteiger partial charge is 0.232 e. The van der Waals surface area contributed by atoms with Crippen molar-refractivity contribution >= 4 is 16.8 Å². The third-order valence-electron chi connectivity index (χ3n) is 3.35. The minimum atomic E-state index is -0.660. The van der Waals surface area contributed by atoms with Crippen LogP contribution in [0.15, 0.2) is 24.3 Å². The maximum absolute atomic E-state index is 11.8. The predicted octanol–water partition coefficient (Wildman–Crippen LogP) is 2.51. The van der Waals surface area contributed by atoms with E-state index in [-0.39, 0.29) is 5.24 Å². The lowest BCUT2D eigenvalue weighted by Crippen LogP contribution is -2.39. The highest BCUT2D eigenvalue weighted by Crippen LogP contribution is 2.41. The number of carbonyl (C=O) groups excluding carboxylic acids is 1. The fourth-order valence-electron chi connectivity index (χ4n) is 2.33. The van der Waals surface area contributed by atoms with Gasteiger partial charge in [-0.2, -0.15) is 0 Å². The average Bonchev–Trinajstić information content (AvgIpc) is 2.39. The van der Waals surface area contributed by atoms with E-state index < -0.39 is 5.41 Å². The molecule has 1 aromatic rings. The van der Waals surface area contributed by atoms with Crippen LogP contribution in [0.2, 0.25) is 0 Å². The molecule has 0 unspecified atom stereocenters.